The number of amides is 1. The van der Waals surface area contributed by atoms with Crippen LogP contribution in [0.25, 0.3) is 10.8 Å². The number of aromatic carboxylic acids is 1. The molecule has 4 rings (SSSR count). The predicted octanol–water partition coefficient (Wildman–Crippen LogP) is 3.56. The molecule has 0 fully saturated rings. The van der Waals surface area contributed by atoms with Gasteiger partial charge < -0.3 is 19.9 Å². The molecular weight excluding hydrogens is 358 g/mol. The van der Waals surface area contributed by atoms with Gasteiger partial charge in [-0.2, -0.15) is 0 Å². The molecular formula is C22H19NO5. The second-order valence-electron chi connectivity index (χ2n) is 6.58. The molecule has 0 unspecified atom stereocenters. The second-order valence-corrected chi connectivity index (χ2v) is 6.58. The number of rotatable bonds is 5. The van der Waals surface area contributed by atoms with Gasteiger partial charge in [0.15, 0.2) is 6.61 Å². The smallest absolute Gasteiger partial charge is 0.339 e. The summed E-state index contributed by atoms with van der Waals surface area (Å²) in [5.74, 6) is -0.470. The van der Waals surface area contributed by atoms with E-state index in [-0.39, 0.29) is 29.9 Å². The maximum Gasteiger partial charge on any atom is 0.339 e. The number of carboxylic acid groups (broad SMARTS) is 1. The summed E-state index contributed by atoms with van der Waals surface area (Å²) < 4.78 is 11.2. The van der Waals surface area contributed by atoms with Gasteiger partial charge in [0.2, 0.25) is 0 Å². The molecule has 0 saturated carbocycles. The Bertz CT molecular complexity index is 1050. The summed E-state index contributed by atoms with van der Waals surface area (Å²) in [6, 6.07) is 18.0. The van der Waals surface area contributed by atoms with E-state index in [1.54, 1.807) is 12.1 Å². The molecule has 1 amide bonds. The van der Waals surface area contributed by atoms with Crippen molar-refractivity contribution in [3.63, 3.8) is 0 Å². The molecule has 0 saturated heterocycles. The van der Waals surface area contributed by atoms with Gasteiger partial charge in [0.1, 0.15) is 17.1 Å². The highest BCUT2D eigenvalue weighted by Gasteiger charge is 2.23. The lowest BCUT2D eigenvalue weighted by molar-refractivity contribution is -0.124. The van der Waals surface area contributed by atoms with Crippen molar-refractivity contribution in [3.8, 4) is 11.5 Å². The highest BCUT2D eigenvalue weighted by molar-refractivity contribution is 5.97. The van der Waals surface area contributed by atoms with Crippen LogP contribution in [0, 0.1) is 0 Å². The SMILES string of the molecule is O=C(COc1cc2ccccc2cc1C(=O)O)N[C@@H]1CCOc2ccccc21. The zero-order valence-electron chi connectivity index (χ0n) is 15.1. The number of carbonyl (C=O) groups excluding carboxylic acids is 1. The zero-order valence-corrected chi connectivity index (χ0v) is 15.1. The van der Waals surface area contributed by atoms with Crippen molar-refractivity contribution in [1.82, 2.24) is 5.32 Å². The largest absolute Gasteiger partial charge is 0.493 e. The molecule has 6 heteroatoms. The van der Waals surface area contributed by atoms with Gasteiger partial charge in [-0.25, -0.2) is 4.79 Å². The lowest BCUT2D eigenvalue weighted by atomic mass is 10.0. The van der Waals surface area contributed by atoms with Crippen molar-refractivity contribution in [2.45, 2.75) is 12.5 Å². The quantitative estimate of drug-likeness (QED) is 0.710. The Kier molecular flexibility index (Phi) is 4.85. The maximum atomic E-state index is 12.4. The van der Waals surface area contributed by atoms with Gasteiger partial charge in [0.25, 0.3) is 5.91 Å². The molecule has 0 bridgehead atoms. The summed E-state index contributed by atoms with van der Waals surface area (Å²) in [6.45, 7) is 0.259. The number of carboxylic acids is 1. The fourth-order valence-electron chi connectivity index (χ4n) is 3.38. The van der Waals surface area contributed by atoms with Crippen LogP contribution in [0.15, 0.2) is 60.7 Å². The van der Waals surface area contributed by atoms with E-state index < -0.39 is 5.97 Å². The molecule has 1 atom stereocenters. The first-order valence-corrected chi connectivity index (χ1v) is 9.02. The summed E-state index contributed by atoms with van der Waals surface area (Å²) >= 11 is 0. The lowest BCUT2D eigenvalue weighted by Crippen LogP contribution is -2.35. The highest BCUT2D eigenvalue weighted by atomic mass is 16.5. The molecule has 0 radical (unpaired) electrons. The molecule has 3 aromatic rings. The van der Waals surface area contributed by atoms with Gasteiger partial charge >= 0.3 is 5.97 Å². The summed E-state index contributed by atoms with van der Waals surface area (Å²) in [5, 5.41) is 14.1. The van der Waals surface area contributed by atoms with E-state index in [1.165, 1.54) is 0 Å². The van der Waals surface area contributed by atoms with Crippen LogP contribution < -0.4 is 14.8 Å². The summed E-state index contributed by atoms with van der Waals surface area (Å²) in [6.07, 6.45) is 0.666. The third kappa shape index (κ3) is 3.62. The van der Waals surface area contributed by atoms with E-state index in [1.807, 2.05) is 48.5 Å². The van der Waals surface area contributed by atoms with Crippen molar-refractivity contribution >= 4 is 22.6 Å². The van der Waals surface area contributed by atoms with E-state index in [0.29, 0.717) is 13.0 Å². The van der Waals surface area contributed by atoms with Crippen LogP contribution in [0.5, 0.6) is 11.5 Å². The number of ether oxygens (including phenoxy) is 2. The molecule has 1 heterocycles. The number of carbonyl (C=O) groups is 2. The first kappa shape index (κ1) is 17.9. The van der Waals surface area contributed by atoms with Gasteiger partial charge in [0.05, 0.1) is 12.6 Å². The van der Waals surface area contributed by atoms with Gasteiger partial charge in [-0.1, -0.05) is 42.5 Å². The minimum Gasteiger partial charge on any atom is -0.493 e. The Balaban J connectivity index is 1.48. The Morgan fingerprint density at radius 1 is 1.07 bits per heavy atom. The van der Waals surface area contributed by atoms with E-state index >= 15 is 0 Å². The summed E-state index contributed by atoms with van der Waals surface area (Å²) in [5.41, 5.74) is 0.960. The first-order chi connectivity index (χ1) is 13.6. The fraction of sp³-hybridized carbons (Fsp3) is 0.182. The molecule has 0 aliphatic carbocycles. The summed E-state index contributed by atoms with van der Waals surface area (Å²) in [7, 11) is 0. The van der Waals surface area contributed by atoms with E-state index in [0.717, 1.165) is 22.1 Å². The van der Waals surface area contributed by atoms with Crippen molar-refractivity contribution < 1.29 is 24.2 Å². The van der Waals surface area contributed by atoms with Crippen LogP contribution >= 0.6 is 0 Å². The minimum absolute atomic E-state index is 0.0305. The Morgan fingerprint density at radius 3 is 2.57 bits per heavy atom. The topological polar surface area (TPSA) is 84.9 Å². The lowest BCUT2D eigenvalue weighted by Gasteiger charge is -2.26. The van der Waals surface area contributed by atoms with Crippen LogP contribution in [0.2, 0.25) is 0 Å². The second kappa shape index (κ2) is 7.60. The molecule has 142 valence electrons. The molecule has 2 N–H and O–H groups in total. The molecule has 0 spiro atoms. The van der Waals surface area contributed by atoms with Gasteiger partial charge in [0, 0.05) is 12.0 Å². The normalized spacial score (nSPS) is 15.4. The molecule has 3 aromatic carbocycles. The van der Waals surface area contributed by atoms with Crippen LogP contribution in [0.4, 0.5) is 0 Å². The number of fused-ring (bicyclic) bond motifs is 2. The van der Waals surface area contributed by atoms with Crippen molar-refractivity contribution in [2.24, 2.45) is 0 Å². The maximum absolute atomic E-state index is 12.4. The zero-order chi connectivity index (χ0) is 19.5. The number of nitrogens with one attached hydrogen (secondary N) is 1. The van der Waals surface area contributed by atoms with Gasteiger partial charge in [-0.15, -0.1) is 0 Å². The van der Waals surface area contributed by atoms with Crippen molar-refractivity contribution in [1.29, 1.82) is 0 Å². The number of para-hydroxylation sites is 1. The Morgan fingerprint density at radius 2 is 1.79 bits per heavy atom. The molecule has 1 aliphatic heterocycles. The third-order valence-corrected chi connectivity index (χ3v) is 4.73. The average Bonchev–Trinajstić information content (AvgIpc) is 2.71. The van der Waals surface area contributed by atoms with E-state index in [9.17, 15) is 14.7 Å². The number of benzene rings is 3. The molecule has 0 aromatic heterocycles. The van der Waals surface area contributed by atoms with Gasteiger partial charge in [-0.3, -0.25) is 4.79 Å². The van der Waals surface area contributed by atoms with Gasteiger partial charge in [-0.05, 0) is 29.0 Å². The molecule has 1 aliphatic rings. The van der Waals surface area contributed by atoms with E-state index in [4.69, 9.17) is 9.47 Å². The third-order valence-electron chi connectivity index (χ3n) is 4.73. The molecule has 6 nitrogen and oxygen atoms in total. The van der Waals surface area contributed by atoms with Crippen LogP contribution in [-0.4, -0.2) is 30.2 Å². The average molecular weight is 377 g/mol. The van der Waals surface area contributed by atoms with Crippen molar-refractivity contribution in [2.75, 3.05) is 13.2 Å². The predicted molar refractivity (Wildman–Crippen MR) is 104 cm³/mol. The summed E-state index contributed by atoms with van der Waals surface area (Å²) in [4.78, 5) is 24.0. The monoisotopic (exact) mass is 377 g/mol. The number of hydrogen-bond acceptors (Lipinski definition) is 4. The fourth-order valence-corrected chi connectivity index (χ4v) is 3.38. The molecule has 28 heavy (non-hydrogen) atoms. The first-order valence-electron chi connectivity index (χ1n) is 9.02. The van der Waals surface area contributed by atoms with Crippen LogP contribution in [-0.2, 0) is 4.79 Å². The number of hydrogen-bond donors (Lipinski definition) is 2. The van der Waals surface area contributed by atoms with E-state index in [2.05, 4.69) is 5.32 Å². The highest BCUT2D eigenvalue weighted by Crippen LogP contribution is 2.31. The van der Waals surface area contributed by atoms with Crippen molar-refractivity contribution in [3.05, 3.63) is 71.8 Å². The standard InChI is InChI=1S/C22H19NO5/c24-21(23-18-9-10-27-19-8-4-3-7-16(18)19)13-28-20-12-15-6-2-1-5-14(15)11-17(20)22(25)26/h1-8,11-12,18H,9-10,13H2,(H,23,24)(H,25,26)/t18-/m1/s1. The van der Waals surface area contributed by atoms with Crippen LogP contribution in [0.1, 0.15) is 28.4 Å². The Labute approximate surface area is 161 Å². The minimum atomic E-state index is -1.10. The van der Waals surface area contributed by atoms with Crippen LogP contribution in [0.3, 0.4) is 0 Å². The Hall–Kier alpha value is -3.54.